The van der Waals surface area contributed by atoms with Gasteiger partial charge in [-0.3, -0.25) is 4.79 Å². The van der Waals surface area contributed by atoms with Crippen LogP contribution >= 0.6 is 10.7 Å². The van der Waals surface area contributed by atoms with E-state index in [4.69, 9.17) is 15.4 Å². The number of para-hydroxylation sites is 1. The molecule has 0 saturated carbocycles. The van der Waals surface area contributed by atoms with E-state index in [0.717, 1.165) is 0 Å². The molecule has 0 aliphatic heterocycles. The number of carbonyl (C=O) groups is 1. The summed E-state index contributed by atoms with van der Waals surface area (Å²) >= 11 is 0. The first-order valence-corrected chi connectivity index (χ1v) is 7.00. The van der Waals surface area contributed by atoms with E-state index in [9.17, 15) is 13.2 Å². The summed E-state index contributed by atoms with van der Waals surface area (Å²) in [4.78, 5) is 11.7. The lowest BCUT2D eigenvalue weighted by atomic mass is 10.1. The van der Waals surface area contributed by atoms with Crippen LogP contribution in [0.4, 0.5) is 0 Å². The minimum Gasteiger partial charge on any atom is -0.496 e. The number of ketones is 1. The molecule has 6 heteroatoms. The third kappa shape index (κ3) is 3.83. The molecule has 0 unspecified atom stereocenters. The molecule has 0 N–H and O–H groups in total. The van der Waals surface area contributed by atoms with E-state index >= 15 is 0 Å². The minimum absolute atomic E-state index is 0.147. The molecular weight excluding hydrogens is 252 g/mol. The van der Waals surface area contributed by atoms with Crippen LogP contribution in [0.1, 0.15) is 16.8 Å². The largest absolute Gasteiger partial charge is 0.496 e. The Morgan fingerprint density at radius 3 is 2.56 bits per heavy atom. The van der Waals surface area contributed by atoms with Crippen molar-refractivity contribution in [3.63, 3.8) is 0 Å². The van der Waals surface area contributed by atoms with Crippen LogP contribution in [0, 0.1) is 0 Å². The first-order valence-electron chi connectivity index (χ1n) is 4.52. The second-order valence-corrected chi connectivity index (χ2v) is 6.01. The lowest BCUT2D eigenvalue weighted by molar-refractivity contribution is 0.0986. The quantitative estimate of drug-likeness (QED) is 0.600. The Labute approximate surface area is 98.6 Å². The van der Waals surface area contributed by atoms with Crippen LogP contribution in [0.3, 0.4) is 0 Å². The lowest BCUT2D eigenvalue weighted by Crippen LogP contribution is -2.07. The molecule has 1 rings (SSSR count). The predicted molar refractivity (Wildman–Crippen MR) is 61.6 cm³/mol. The van der Waals surface area contributed by atoms with Gasteiger partial charge >= 0.3 is 0 Å². The molecule has 88 valence electrons. The summed E-state index contributed by atoms with van der Waals surface area (Å²) in [5.74, 6) is -0.244. The summed E-state index contributed by atoms with van der Waals surface area (Å²) in [7, 11) is 2.84. The summed E-state index contributed by atoms with van der Waals surface area (Å²) in [5.41, 5.74) is 0.366. The van der Waals surface area contributed by atoms with Gasteiger partial charge in [-0.2, -0.15) is 0 Å². The Bertz CT molecular complexity index is 481. The van der Waals surface area contributed by atoms with Gasteiger partial charge in [-0.15, -0.1) is 0 Å². The van der Waals surface area contributed by atoms with Gasteiger partial charge in [-0.1, -0.05) is 12.1 Å². The molecule has 0 saturated heterocycles. The van der Waals surface area contributed by atoms with Gasteiger partial charge in [0.2, 0.25) is 9.05 Å². The fourth-order valence-electron chi connectivity index (χ4n) is 1.22. The van der Waals surface area contributed by atoms with Crippen molar-refractivity contribution >= 4 is 25.5 Å². The van der Waals surface area contributed by atoms with Crippen LogP contribution in [-0.4, -0.2) is 27.1 Å². The van der Waals surface area contributed by atoms with E-state index in [0.29, 0.717) is 11.3 Å². The van der Waals surface area contributed by atoms with Gasteiger partial charge in [0, 0.05) is 17.1 Å². The van der Waals surface area contributed by atoms with Gasteiger partial charge in [0.1, 0.15) is 5.75 Å². The summed E-state index contributed by atoms with van der Waals surface area (Å²) in [6.07, 6.45) is -0.147. The average Bonchev–Trinajstić information content (AvgIpc) is 2.25. The fraction of sp³-hybridized carbons (Fsp3) is 0.300. The van der Waals surface area contributed by atoms with Crippen molar-refractivity contribution in [2.24, 2.45) is 0 Å². The highest BCUT2D eigenvalue weighted by Gasteiger charge is 2.14. The standard InChI is InChI=1S/C10H11ClO4S/c1-15-10-5-3-2-4-8(10)9(12)6-7-16(11,13)14/h2-5H,6-7H2,1H3. The Morgan fingerprint density at radius 2 is 2.00 bits per heavy atom. The number of hydrogen-bond acceptors (Lipinski definition) is 4. The zero-order chi connectivity index (χ0) is 12.2. The zero-order valence-corrected chi connectivity index (χ0v) is 10.2. The van der Waals surface area contributed by atoms with Gasteiger partial charge in [-0.05, 0) is 12.1 Å². The Hall–Kier alpha value is -1.07. The number of hydrogen-bond donors (Lipinski definition) is 0. The van der Waals surface area contributed by atoms with Crippen molar-refractivity contribution in [3.8, 4) is 5.75 Å². The van der Waals surface area contributed by atoms with Crippen LogP contribution in [0.15, 0.2) is 24.3 Å². The van der Waals surface area contributed by atoms with Crippen molar-refractivity contribution in [2.75, 3.05) is 12.9 Å². The molecule has 1 aromatic carbocycles. The summed E-state index contributed by atoms with van der Waals surface area (Å²) < 4.78 is 26.4. The number of benzene rings is 1. The second kappa shape index (κ2) is 5.32. The van der Waals surface area contributed by atoms with Crippen molar-refractivity contribution in [1.29, 1.82) is 0 Å². The lowest BCUT2D eigenvalue weighted by Gasteiger charge is -2.06. The molecule has 0 spiro atoms. The Kier molecular flexibility index (Phi) is 4.32. The predicted octanol–water partition coefficient (Wildman–Crippen LogP) is 1.84. The fourth-order valence-corrected chi connectivity index (χ4v) is 1.88. The van der Waals surface area contributed by atoms with Gasteiger partial charge in [0.25, 0.3) is 0 Å². The second-order valence-electron chi connectivity index (χ2n) is 3.12. The maximum atomic E-state index is 11.7. The van der Waals surface area contributed by atoms with E-state index < -0.39 is 9.05 Å². The van der Waals surface area contributed by atoms with Gasteiger partial charge in [0.15, 0.2) is 5.78 Å². The summed E-state index contributed by atoms with van der Waals surface area (Å²) in [6, 6.07) is 6.64. The molecule has 0 radical (unpaired) electrons. The maximum absolute atomic E-state index is 11.7. The molecule has 4 nitrogen and oxygen atoms in total. The number of halogens is 1. The molecule has 0 aliphatic carbocycles. The highest BCUT2D eigenvalue weighted by atomic mass is 35.7. The smallest absolute Gasteiger partial charge is 0.233 e. The number of rotatable bonds is 5. The third-order valence-corrected chi connectivity index (χ3v) is 3.13. The van der Waals surface area contributed by atoms with Gasteiger partial charge < -0.3 is 4.74 Å². The number of methoxy groups -OCH3 is 1. The normalized spacial score (nSPS) is 11.1. The topological polar surface area (TPSA) is 60.4 Å². The van der Waals surface area contributed by atoms with Crippen molar-refractivity contribution < 1.29 is 17.9 Å². The number of carbonyl (C=O) groups excluding carboxylic acids is 1. The van der Waals surface area contributed by atoms with Crippen LogP contribution in [0.5, 0.6) is 5.75 Å². The molecular formula is C10H11ClO4S. The Balaban J connectivity index is 2.81. The SMILES string of the molecule is COc1ccccc1C(=O)CCS(=O)(=O)Cl. The van der Waals surface area contributed by atoms with E-state index in [1.165, 1.54) is 7.11 Å². The third-order valence-electron chi connectivity index (χ3n) is 1.98. The monoisotopic (exact) mass is 262 g/mol. The first-order chi connectivity index (χ1) is 7.44. The zero-order valence-electron chi connectivity index (χ0n) is 8.64. The highest BCUT2D eigenvalue weighted by Crippen LogP contribution is 2.19. The van der Waals surface area contributed by atoms with Gasteiger partial charge in [-0.25, -0.2) is 8.42 Å². The van der Waals surface area contributed by atoms with Crippen molar-refractivity contribution in [1.82, 2.24) is 0 Å². The van der Waals surface area contributed by atoms with Crippen molar-refractivity contribution in [2.45, 2.75) is 6.42 Å². The molecule has 0 amide bonds. The van der Waals surface area contributed by atoms with E-state index in [-0.39, 0.29) is 18.0 Å². The molecule has 0 atom stereocenters. The molecule has 0 aromatic heterocycles. The van der Waals surface area contributed by atoms with E-state index in [1.54, 1.807) is 24.3 Å². The van der Waals surface area contributed by atoms with Crippen LogP contribution in [0.25, 0.3) is 0 Å². The van der Waals surface area contributed by atoms with E-state index in [2.05, 4.69) is 0 Å². The van der Waals surface area contributed by atoms with E-state index in [1.807, 2.05) is 0 Å². The van der Waals surface area contributed by atoms with Gasteiger partial charge in [0.05, 0.1) is 18.4 Å². The number of Topliss-reactive ketones (excluding diaryl/α,β-unsaturated/α-hetero) is 1. The average molecular weight is 263 g/mol. The number of ether oxygens (including phenoxy) is 1. The highest BCUT2D eigenvalue weighted by molar-refractivity contribution is 8.13. The van der Waals surface area contributed by atoms with Crippen LogP contribution in [-0.2, 0) is 9.05 Å². The van der Waals surface area contributed by atoms with Crippen LogP contribution < -0.4 is 4.74 Å². The maximum Gasteiger partial charge on any atom is 0.233 e. The Morgan fingerprint density at radius 1 is 1.38 bits per heavy atom. The minimum atomic E-state index is -3.64. The molecule has 16 heavy (non-hydrogen) atoms. The molecule has 1 aromatic rings. The molecule has 0 bridgehead atoms. The first kappa shape index (κ1) is 13.0. The summed E-state index contributed by atoms with van der Waals surface area (Å²) in [6.45, 7) is 0. The van der Waals surface area contributed by atoms with Crippen molar-refractivity contribution in [3.05, 3.63) is 29.8 Å². The molecule has 0 fully saturated rings. The van der Waals surface area contributed by atoms with Crippen LogP contribution in [0.2, 0.25) is 0 Å². The summed E-state index contributed by atoms with van der Waals surface area (Å²) in [5, 5.41) is 0. The molecule has 0 aliphatic rings. The molecule has 0 heterocycles.